The Bertz CT molecular complexity index is 1640. The zero-order valence-corrected chi connectivity index (χ0v) is 21.1. The van der Waals surface area contributed by atoms with Gasteiger partial charge in [-0.05, 0) is 47.0 Å². The topological polar surface area (TPSA) is 69.9 Å². The molecule has 6 nitrogen and oxygen atoms in total. The third kappa shape index (κ3) is 4.61. The molecule has 0 fully saturated rings. The molecule has 0 spiro atoms. The Labute approximate surface area is 215 Å². The van der Waals surface area contributed by atoms with Gasteiger partial charge < -0.3 is 23.9 Å². The summed E-state index contributed by atoms with van der Waals surface area (Å²) in [6.45, 7) is 1.88. The fourth-order valence-corrected chi connectivity index (χ4v) is 4.55. The van der Waals surface area contributed by atoms with Crippen molar-refractivity contribution >= 4 is 38.9 Å². The van der Waals surface area contributed by atoms with Gasteiger partial charge in [0.05, 0.1) is 33.3 Å². The third-order valence-electron chi connectivity index (χ3n) is 6.41. The average Bonchev–Trinajstić information content (AvgIpc) is 3.34. The second kappa shape index (κ2) is 10.1. The number of anilines is 1. The maximum absolute atomic E-state index is 12.9. The van der Waals surface area contributed by atoms with Crippen molar-refractivity contribution in [3.63, 3.8) is 0 Å². The van der Waals surface area contributed by atoms with Gasteiger partial charge in [0, 0.05) is 34.7 Å². The first kappa shape index (κ1) is 24.0. The predicted octanol–water partition coefficient (Wildman–Crippen LogP) is 7.32. The van der Waals surface area contributed by atoms with Gasteiger partial charge in [0.25, 0.3) is 0 Å². The molecule has 0 atom stereocenters. The van der Waals surface area contributed by atoms with Gasteiger partial charge in [0.15, 0.2) is 0 Å². The van der Waals surface area contributed by atoms with E-state index in [2.05, 4.69) is 29.6 Å². The molecule has 0 unspecified atom stereocenters. The molecular formula is C31H27NO5. The van der Waals surface area contributed by atoms with Crippen molar-refractivity contribution < 1.29 is 23.4 Å². The van der Waals surface area contributed by atoms with E-state index in [-0.39, 0.29) is 5.91 Å². The molecule has 0 saturated carbocycles. The van der Waals surface area contributed by atoms with Gasteiger partial charge in [-0.1, -0.05) is 42.5 Å². The molecule has 37 heavy (non-hydrogen) atoms. The molecule has 1 N–H and O–H groups in total. The van der Waals surface area contributed by atoms with Gasteiger partial charge in [-0.25, -0.2) is 0 Å². The number of nitrogens with one attached hydrogen (secondary N) is 1. The van der Waals surface area contributed by atoms with E-state index in [1.807, 2.05) is 37.3 Å². The van der Waals surface area contributed by atoms with Crippen molar-refractivity contribution in [3.05, 3.63) is 90.7 Å². The molecule has 0 radical (unpaired) electrons. The van der Waals surface area contributed by atoms with E-state index in [0.29, 0.717) is 28.5 Å². The predicted molar refractivity (Wildman–Crippen MR) is 148 cm³/mol. The highest BCUT2D eigenvalue weighted by atomic mass is 16.5. The van der Waals surface area contributed by atoms with Crippen molar-refractivity contribution in [1.82, 2.24) is 0 Å². The number of carbonyl (C=O) groups excluding carboxylic acids is 1. The Hall–Kier alpha value is -4.71. The zero-order valence-electron chi connectivity index (χ0n) is 21.1. The van der Waals surface area contributed by atoms with Gasteiger partial charge in [0.2, 0.25) is 5.91 Å². The standard InChI is InChI=1S/C31H27NO5/c1-19(14-31(33)32-27-13-12-21(34-2)15-30(27)36-4)24-16-25-26(18-37-29(25)17-28(24)35-3)23-11-7-9-20-8-5-6-10-22(20)23/h5-18H,1-4H3,(H,32,33)/b19-14+. The molecule has 6 heteroatoms. The quantitative estimate of drug-likeness (QED) is 0.241. The Morgan fingerprint density at radius 3 is 2.38 bits per heavy atom. The molecule has 1 amide bonds. The number of fused-ring (bicyclic) bond motifs is 2. The molecule has 1 aromatic heterocycles. The SMILES string of the molecule is COc1ccc(NC(=O)/C=C(\C)c2cc3c(-c4cccc5ccccc45)coc3cc2OC)c(OC)c1. The molecule has 0 aliphatic rings. The summed E-state index contributed by atoms with van der Waals surface area (Å²) >= 11 is 0. The molecule has 4 aromatic carbocycles. The van der Waals surface area contributed by atoms with Gasteiger partial charge in [-0.15, -0.1) is 0 Å². The third-order valence-corrected chi connectivity index (χ3v) is 6.41. The Balaban J connectivity index is 1.53. The van der Waals surface area contributed by atoms with Crippen LogP contribution >= 0.6 is 0 Å². The molecule has 0 bridgehead atoms. The summed E-state index contributed by atoms with van der Waals surface area (Å²) in [4.78, 5) is 12.9. The van der Waals surface area contributed by atoms with E-state index in [4.69, 9.17) is 18.6 Å². The van der Waals surface area contributed by atoms with Crippen LogP contribution in [-0.2, 0) is 4.79 Å². The van der Waals surface area contributed by atoms with Crippen molar-refractivity contribution in [2.45, 2.75) is 6.92 Å². The van der Waals surface area contributed by atoms with Crippen LogP contribution in [0.1, 0.15) is 12.5 Å². The highest BCUT2D eigenvalue weighted by Gasteiger charge is 2.16. The van der Waals surface area contributed by atoms with Crippen molar-refractivity contribution in [2.24, 2.45) is 0 Å². The fraction of sp³-hybridized carbons (Fsp3) is 0.129. The van der Waals surface area contributed by atoms with Crippen LogP contribution in [-0.4, -0.2) is 27.2 Å². The van der Waals surface area contributed by atoms with Gasteiger partial charge >= 0.3 is 0 Å². The van der Waals surface area contributed by atoms with E-state index in [9.17, 15) is 4.79 Å². The zero-order chi connectivity index (χ0) is 25.9. The maximum atomic E-state index is 12.9. The lowest BCUT2D eigenvalue weighted by molar-refractivity contribution is -0.111. The minimum absolute atomic E-state index is 0.287. The van der Waals surface area contributed by atoms with Crippen LogP contribution in [0.15, 0.2) is 89.6 Å². The summed E-state index contributed by atoms with van der Waals surface area (Å²) in [7, 11) is 4.73. The Morgan fingerprint density at radius 2 is 1.59 bits per heavy atom. The molecule has 1 heterocycles. The van der Waals surface area contributed by atoms with Gasteiger partial charge in [0.1, 0.15) is 22.8 Å². The fourth-order valence-electron chi connectivity index (χ4n) is 4.55. The van der Waals surface area contributed by atoms with E-state index in [1.54, 1.807) is 51.9 Å². The molecule has 5 aromatic rings. The molecular weight excluding hydrogens is 466 g/mol. The second-order valence-corrected chi connectivity index (χ2v) is 8.61. The summed E-state index contributed by atoms with van der Waals surface area (Å²) in [6.07, 6.45) is 3.32. The maximum Gasteiger partial charge on any atom is 0.248 e. The van der Waals surface area contributed by atoms with E-state index in [0.717, 1.165) is 38.4 Å². The summed E-state index contributed by atoms with van der Waals surface area (Å²) in [6, 6.07) is 23.6. The summed E-state index contributed by atoms with van der Waals surface area (Å²) < 4.78 is 22.2. The Morgan fingerprint density at radius 1 is 0.811 bits per heavy atom. The molecule has 0 aliphatic heterocycles. The van der Waals surface area contributed by atoms with Crippen LogP contribution in [0.25, 0.3) is 38.4 Å². The van der Waals surface area contributed by atoms with E-state index >= 15 is 0 Å². The number of rotatable bonds is 7. The first-order valence-electron chi connectivity index (χ1n) is 11.8. The van der Waals surface area contributed by atoms with Crippen molar-refractivity contribution in [2.75, 3.05) is 26.6 Å². The number of amides is 1. The van der Waals surface area contributed by atoms with Crippen LogP contribution in [0.2, 0.25) is 0 Å². The van der Waals surface area contributed by atoms with E-state index < -0.39 is 0 Å². The van der Waals surface area contributed by atoms with Crippen LogP contribution in [0.4, 0.5) is 5.69 Å². The number of hydrogen-bond donors (Lipinski definition) is 1. The molecule has 0 saturated heterocycles. The number of benzene rings is 4. The lowest BCUT2D eigenvalue weighted by Crippen LogP contribution is -2.10. The van der Waals surface area contributed by atoms with Gasteiger partial charge in [-0.2, -0.15) is 0 Å². The molecule has 5 rings (SSSR count). The first-order valence-corrected chi connectivity index (χ1v) is 11.8. The monoisotopic (exact) mass is 493 g/mol. The van der Waals surface area contributed by atoms with Crippen molar-refractivity contribution in [3.8, 4) is 28.4 Å². The number of carbonyl (C=O) groups is 1. The molecule has 186 valence electrons. The van der Waals surface area contributed by atoms with Gasteiger partial charge in [-0.3, -0.25) is 4.79 Å². The van der Waals surface area contributed by atoms with Crippen LogP contribution < -0.4 is 19.5 Å². The van der Waals surface area contributed by atoms with Crippen LogP contribution in [0, 0.1) is 0 Å². The minimum atomic E-state index is -0.287. The highest BCUT2D eigenvalue weighted by molar-refractivity contribution is 6.07. The normalized spacial score (nSPS) is 11.5. The van der Waals surface area contributed by atoms with Crippen LogP contribution in [0.3, 0.4) is 0 Å². The first-order chi connectivity index (χ1) is 18.0. The smallest absolute Gasteiger partial charge is 0.248 e. The summed E-state index contributed by atoms with van der Waals surface area (Å²) in [5.41, 5.74) is 4.87. The number of hydrogen-bond acceptors (Lipinski definition) is 5. The second-order valence-electron chi connectivity index (χ2n) is 8.61. The number of ether oxygens (including phenoxy) is 3. The van der Waals surface area contributed by atoms with Crippen molar-refractivity contribution in [1.29, 1.82) is 0 Å². The largest absolute Gasteiger partial charge is 0.497 e. The summed E-state index contributed by atoms with van der Waals surface area (Å²) in [5.74, 6) is 1.48. The van der Waals surface area contributed by atoms with Crippen LogP contribution in [0.5, 0.6) is 17.2 Å². The number of allylic oxidation sites excluding steroid dienone is 1. The molecule has 0 aliphatic carbocycles. The minimum Gasteiger partial charge on any atom is -0.497 e. The number of methoxy groups -OCH3 is 3. The average molecular weight is 494 g/mol. The van der Waals surface area contributed by atoms with E-state index in [1.165, 1.54) is 0 Å². The lowest BCUT2D eigenvalue weighted by Gasteiger charge is -2.12. The summed E-state index contributed by atoms with van der Waals surface area (Å²) in [5, 5.41) is 6.13. The highest BCUT2D eigenvalue weighted by Crippen LogP contribution is 2.39. The lowest BCUT2D eigenvalue weighted by atomic mass is 9.96. The number of furan rings is 1. The Kier molecular flexibility index (Phi) is 6.56.